The lowest BCUT2D eigenvalue weighted by atomic mass is 10.3. The Bertz CT molecular complexity index is 302. The molecule has 0 saturated heterocycles. The van der Waals surface area contributed by atoms with Gasteiger partial charge in [-0.25, -0.2) is 0 Å². The molecule has 0 fully saturated rings. The van der Waals surface area contributed by atoms with Crippen LogP contribution in [0.15, 0.2) is 0 Å². The fraction of sp³-hybridized carbons (Fsp3) is 1.00. The Kier molecular flexibility index (Phi) is 3.36. The Labute approximate surface area is 83.0 Å². The molecule has 0 aromatic rings. The summed E-state index contributed by atoms with van der Waals surface area (Å²) in [6.45, 7) is -0.317. The Morgan fingerprint density at radius 1 is 1.21 bits per heavy atom. The van der Waals surface area contributed by atoms with Crippen LogP contribution < -0.4 is 5.72 Å². The third-order valence-corrected chi connectivity index (χ3v) is 5.48. The molecule has 0 aromatic heterocycles. The highest BCUT2D eigenvalue weighted by molar-refractivity contribution is 7.72. The molecule has 0 saturated carbocycles. The van der Waals surface area contributed by atoms with Crippen LogP contribution in [0.4, 0.5) is 0 Å². The van der Waals surface area contributed by atoms with Crippen LogP contribution in [0.3, 0.4) is 0 Å². The maximum atomic E-state index is 10.8. The number of nitrogens with two attached hydrogens (primary N) is 1. The summed E-state index contributed by atoms with van der Waals surface area (Å²) < 4.78 is 34.9. The normalized spacial score (nSPS) is 16.7. The Morgan fingerprint density at radius 2 is 1.64 bits per heavy atom. The van der Waals surface area contributed by atoms with Crippen LogP contribution in [0.1, 0.15) is 12.8 Å². The molecule has 0 spiro atoms. The van der Waals surface area contributed by atoms with E-state index >= 15 is 0 Å². The molecule has 7 N–H and O–H groups in total. The van der Waals surface area contributed by atoms with Crippen molar-refractivity contribution in [2.24, 2.45) is 5.72 Å². The van der Waals surface area contributed by atoms with E-state index < -0.39 is 26.7 Å². The van der Waals surface area contributed by atoms with Crippen molar-refractivity contribution in [2.45, 2.75) is 17.9 Å². The summed E-state index contributed by atoms with van der Waals surface area (Å²) in [6, 6.07) is 0. The first-order valence-electron chi connectivity index (χ1n) is 4.40. The highest BCUT2D eigenvalue weighted by atomic mass is 31.2. The summed E-state index contributed by atoms with van der Waals surface area (Å²) in [7, 11) is -10.8. The van der Waals surface area contributed by atoms with E-state index in [1.165, 1.54) is 0 Å². The fourth-order valence-electron chi connectivity index (χ4n) is 0.777. The summed E-state index contributed by atoms with van der Waals surface area (Å²) in [4.78, 5) is 34.8. The molecule has 0 amide bonds. The lowest BCUT2D eigenvalue weighted by molar-refractivity contribution is 0.121. The van der Waals surface area contributed by atoms with Gasteiger partial charge in [-0.15, -0.1) is 0 Å². The van der Waals surface area contributed by atoms with Gasteiger partial charge in [0.2, 0.25) is 0 Å². The van der Waals surface area contributed by atoms with Crippen molar-refractivity contribution < 1.29 is 36.6 Å². The first-order chi connectivity index (χ1) is 6.92. The van der Waals surface area contributed by atoms with E-state index in [0.717, 1.165) is 0 Å². The SMILES string of the molecule is [2H]N([2H])CCCC(O)(P(=O)(O)O)P(=O)(O)O. The zero-order valence-electron chi connectivity index (χ0n) is 9.02. The second-order valence-electron chi connectivity index (χ2n) is 2.69. The van der Waals surface area contributed by atoms with Gasteiger partial charge >= 0.3 is 15.2 Å². The van der Waals surface area contributed by atoms with Crippen molar-refractivity contribution in [3.05, 3.63) is 0 Å². The molecule has 0 aliphatic heterocycles. The molecule has 8 nitrogen and oxygen atoms in total. The Balaban J connectivity index is 4.86. The minimum Gasteiger partial charge on any atom is -0.368 e. The van der Waals surface area contributed by atoms with Gasteiger partial charge in [0.25, 0.3) is 5.08 Å². The first-order valence-corrected chi connectivity index (χ1v) is 6.73. The van der Waals surface area contributed by atoms with Crippen LogP contribution in [0, 0.1) is 0 Å². The van der Waals surface area contributed by atoms with Gasteiger partial charge in [0, 0.05) is 6.42 Å². The summed E-state index contributed by atoms with van der Waals surface area (Å²) in [6.07, 6.45) is -1.23. The molecular formula is C4H13NO7P2. The van der Waals surface area contributed by atoms with E-state index in [1.54, 1.807) is 0 Å². The monoisotopic (exact) mass is 251 g/mol. The molecular weight excluding hydrogens is 236 g/mol. The van der Waals surface area contributed by atoms with E-state index in [0.29, 0.717) is 0 Å². The Hall–Kier alpha value is 0.220. The van der Waals surface area contributed by atoms with Crippen LogP contribution in [0.5, 0.6) is 0 Å². The summed E-state index contributed by atoms with van der Waals surface area (Å²) in [5, 5.41) is 5.88. The molecule has 10 heteroatoms. The van der Waals surface area contributed by atoms with Crippen LogP contribution in [-0.2, 0) is 9.13 Å². The molecule has 14 heavy (non-hydrogen) atoms. The number of aliphatic hydroxyl groups is 1. The van der Waals surface area contributed by atoms with E-state index in [4.69, 9.17) is 22.4 Å². The van der Waals surface area contributed by atoms with Crippen LogP contribution in [0.2, 0.25) is 2.82 Å². The van der Waals surface area contributed by atoms with Gasteiger partial charge < -0.3 is 30.4 Å². The highest BCUT2D eigenvalue weighted by Gasteiger charge is 2.58. The van der Waals surface area contributed by atoms with Crippen LogP contribution >= 0.6 is 15.2 Å². The van der Waals surface area contributed by atoms with Crippen molar-refractivity contribution in [3.63, 3.8) is 0 Å². The summed E-state index contributed by atoms with van der Waals surface area (Å²) in [5.41, 5.74) is 0.166. The quantitative estimate of drug-likeness (QED) is 0.318. The molecule has 0 bridgehead atoms. The molecule has 0 rings (SSSR count). The number of rotatable bonds is 6. The lowest BCUT2D eigenvalue weighted by Crippen LogP contribution is -2.29. The molecule has 0 heterocycles. The number of hydrogen-bond donors (Lipinski definition) is 6. The van der Waals surface area contributed by atoms with Gasteiger partial charge in [-0.1, -0.05) is 0 Å². The van der Waals surface area contributed by atoms with Crippen molar-refractivity contribution in [1.29, 1.82) is 0 Å². The minimum absolute atomic E-state index is 0.166. The predicted octanol–water partition coefficient (Wildman–Crippen LogP) is -1.27. The van der Waals surface area contributed by atoms with Crippen LogP contribution in [-0.4, -0.2) is 36.3 Å². The van der Waals surface area contributed by atoms with E-state index in [1.807, 2.05) is 0 Å². The van der Waals surface area contributed by atoms with Crippen molar-refractivity contribution in [2.75, 3.05) is 6.54 Å². The molecule has 0 aliphatic carbocycles. The highest BCUT2D eigenvalue weighted by Crippen LogP contribution is 2.69. The van der Waals surface area contributed by atoms with E-state index in [2.05, 4.69) is 0 Å². The Morgan fingerprint density at radius 3 is 1.93 bits per heavy atom. The largest absolute Gasteiger partial charge is 0.369 e. The standard InChI is InChI=1S/C4H13NO7P2/c5-3-1-2-4(6,13(7,8)9)14(10,11)12/h6H,1-3,5H2,(H2,7,8,9)(H2,10,11,12)/i/hD2. The zero-order valence-corrected chi connectivity index (χ0v) is 8.80. The molecule has 0 atom stereocenters. The van der Waals surface area contributed by atoms with E-state index in [-0.39, 0.29) is 18.7 Å². The topological polar surface area (TPSA) is 161 Å². The van der Waals surface area contributed by atoms with Gasteiger partial charge in [-0.05, 0) is 13.0 Å². The summed E-state index contributed by atoms with van der Waals surface area (Å²) >= 11 is 0. The van der Waals surface area contributed by atoms with Gasteiger partial charge in [0.05, 0.1) is 0 Å². The average Bonchev–Trinajstić information content (AvgIpc) is 1.98. The third-order valence-electron chi connectivity index (χ3n) is 1.60. The maximum absolute atomic E-state index is 10.8. The van der Waals surface area contributed by atoms with Gasteiger partial charge in [0.1, 0.15) is 2.82 Å². The molecule has 0 aliphatic rings. The third kappa shape index (κ3) is 2.85. The smallest absolute Gasteiger partial charge is 0.368 e. The summed E-state index contributed by atoms with van der Waals surface area (Å²) in [5.74, 6) is 0. The van der Waals surface area contributed by atoms with Gasteiger partial charge in [-0.2, -0.15) is 0 Å². The average molecular weight is 251 g/mol. The fourth-order valence-corrected chi connectivity index (χ4v) is 3.03. The van der Waals surface area contributed by atoms with Crippen LogP contribution in [0.25, 0.3) is 0 Å². The number of hydrogen-bond acceptors (Lipinski definition) is 4. The molecule has 0 radical (unpaired) electrons. The molecule has 86 valence electrons. The molecule has 0 unspecified atom stereocenters. The van der Waals surface area contributed by atoms with Gasteiger partial charge in [-0.3, -0.25) is 9.13 Å². The van der Waals surface area contributed by atoms with Crippen molar-refractivity contribution in [1.82, 2.24) is 0 Å². The second kappa shape index (κ2) is 4.38. The predicted molar refractivity (Wildman–Crippen MR) is 47.3 cm³/mol. The second-order valence-corrected chi connectivity index (χ2v) is 6.70. The zero-order chi connectivity index (χ0) is 13.2. The lowest BCUT2D eigenvalue weighted by Gasteiger charge is -2.28. The van der Waals surface area contributed by atoms with Crippen molar-refractivity contribution in [3.8, 4) is 0 Å². The minimum atomic E-state index is -5.42. The first kappa shape index (κ1) is 10.7. The maximum Gasteiger partial charge on any atom is 0.369 e. The van der Waals surface area contributed by atoms with E-state index in [9.17, 15) is 14.2 Å². The van der Waals surface area contributed by atoms with Gasteiger partial charge in [0.15, 0.2) is 0 Å². The molecule has 0 aromatic carbocycles. The van der Waals surface area contributed by atoms with Crippen molar-refractivity contribution >= 4 is 15.2 Å².